The molecule has 9 heavy (non-hydrogen) atoms. The monoisotopic (exact) mass is 143 g/mol. The molecule has 0 atom stereocenters. The molecular weight excluding hydrogens is 134 g/mol. The summed E-state index contributed by atoms with van der Waals surface area (Å²) in [5.74, 6) is 0. The van der Waals surface area contributed by atoms with Crippen LogP contribution in [0.2, 0.25) is 0 Å². The van der Waals surface area contributed by atoms with Gasteiger partial charge in [0.1, 0.15) is 6.54 Å². The molecule has 0 amide bonds. The molecule has 0 heterocycles. The first kappa shape index (κ1) is 8.18. The van der Waals surface area contributed by atoms with Crippen LogP contribution < -0.4 is 5.32 Å². The fourth-order valence-corrected chi connectivity index (χ4v) is 0.433. The van der Waals surface area contributed by atoms with Gasteiger partial charge >= 0.3 is 0 Å². The maximum Gasteiger partial charge on any atom is 0.169 e. The molecule has 50 valence electrons. The van der Waals surface area contributed by atoms with Crippen molar-refractivity contribution in [1.29, 1.82) is 5.26 Å². The molecule has 0 fully saturated rings. The molecule has 0 unspecified atom stereocenters. The number of nitriles is 1. The van der Waals surface area contributed by atoms with Gasteiger partial charge in [-0.2, -0.15) is 5.26 Å². The van der Waals surface area contributed by atoms with Gasteiger partial charge in [-0.25, -0.2) is 0 Å². The average molecular weight is 143 g/mol. The molecule has 0 bridgehead atoms. The van der Waals surface area contributed by atoms with Gasteiger partial charge in [0.2, 0.25) is 0 Å². The van der Waals surface area contributed by atoms with E-state index in [1.54, 1.807) is 19.0 Å². The molecule has 0 aromatic carbocycles. The van der Waals surface area contributed by atoms with Gasteiger partial charge < -0.3 is 10.2 Å². The lowest BCUT2D eigenvalue weighted by Crippen LogP contribution is -2.34. The van der Waals surface area contributed by atoms with Gasteiger partial charge in [0.25, 0.3) is 0 Å². The minimum Gasteiger partial charge on any atom is -0.366 e. The molecule has 0 saturated carbocycles. The van der Waals surface area contributed by atoms with Crippen LogP contribution in [0.15, 0.2) is 0 Å². The Bertz CT molecular complexity index is 138. The zero-order valence-corrected chi connectivity index (χ0v) is 6.33. The van der Waals surface area contributed by atoms with Crippen molar-refractivity contribution in [2.24, 2.45) is 0 Å². The predicted molar refractivity (Wildman–Crippen MR) is 39.9 cm³/mol. The number of nitrogens with one attached hydrogen (secondary N) is 1. The second kappa shape index (κ2) is 4.10. The van der Waals surface area contributed by atoms with Crippen LogP contribution in [-0.4, -0.2) is 30.7 Å². The minimum absolute atomic E-state index is 0.333. The normalized spacial score (nSPS) is 7.67. The van der Waals surface area contributed by atoms with Gasteiger partial charge in [0.15, 0.2) is 5.11 Å². The molecule has 3 nitrogen and oxygen atoms in total. The Balaban J connectivity index is 3.62. The van der Waals surface area contributed by atoms with Crippen molar-refractivity contribution >= 4 is 17.3 Å². The van der Waals surface area contributed by atoms with E-state index >= 15 is 0 Å². The van der Waals surface area contributed by atoms with Crippen LogP contribution in [0.25, 0.3) is 0 Å². The third-order valence-electron chi connectivity index (χ3n) is 0.868. The van der Waals surface area contributed by atoms with Crippen molar-refractivity contribution in [2.45, 2.75) is 0 Å². The van der Waals surface area contributed by atoms with Crippen molar-refractivity contribution < 1.29 is 0 Å². The fourth-order valence-electron chi connectivity index (χ4n) is 0.369. The zero-order chi connectivity index (χ0) is 7.28. The lowest BCUT2D eigenvalue weighted by Gasteiger charge is -2.14. The van der Waals surface area contributed by atoms with E-state index in [-0.39, 0.29) is 0 Å². The highest BCUT2D eigenvalue weighted by Gasteiger charge is 1.97. The Morgan fingerprint density at radius 2 is 2.44 bits per heavy atom. The third-order valence-corrected chi connectivity index (χ3v) is 1.38. The predicted octanol–water partition coefficient (Wildman–Crippen LogP) is -0.0539. The van der Waals surface area contributed by atoms with Crippen molar-refractivity contribution in [3.05, 3.63) is 0 Å². The summed E-state index contributed by atoms with van der Waals surface area (Å²) >= 11 is 4.81. The first-order valence-electron chi connectivity index (χ1n) is 2.52. The van der Waals surface area contributed by atoms with Crippen molar-refractivity contribution in [1.82, 2.24) is 10.2 Å². The molecule has 0 aromatic heterocycles. The molecule has 0 radical (unpaired) electrons. The number of hydrogen-bond donors (Lipinski definition) is 1. The quantitative estimate of drug-likeness (QED) is 0.412. The lowest BCUT2D eigenvalue weighted by atomic mass is 10.6. The molecule has 0 spiro atoms. The molecule has 4 heteroatoms. The van der Waals surface area contributed by atoms with Gasteiger partial charge in [-0.15, -0.1) is 0 Å². The highest BCUT2D eigenvalue weighted by Crippen LogP contribution is 1.80. The zero-order valence-electron chi connectivity index (χ0n) is 5.51. The SMILES string of the molecule is CNC(=S)N(C)CC#N. The van der Waals surface area contributed by atoms with Crippen LogP contribution in [0.3, 0.4) is 0 Å². The molecule has 0 aliphatic carbocycles. The topological polar surface area (TPSA) is 39.1 Å². The third kappa shape index (κ3) is 2.88. The minimum atomic E-state index is 0.333. The maximum atomic E-state index is 8.20. The Labute approximate surface area is 60.3 Å². The second-order valence-electron chi connectivity index (χ2n) is 1.57. The highest BCUT2D eigenvalue weighted by molar-refractivity contribution is 7.80. The summed E-state index contributed by atoms with van der Waals surface area (Å²) in [6, 6.07) is 1.98. The van der Waals surface area contributed by atoms with Crippen LogP contribution in [0.4, 0.5) is 0 Å². The Kier molecular flexibility index (Phi) is 3.72. The smallest absolute Gasteiger partial charge is 0.169 e. The standard InChI is InChI=1S/C5H9N3S/c1-7-5(9)8(2)4-3-6/h4H2,1-2H3,(H,7,9). The lowest BCUT2D eigenvalue weighted by molar-refractivity contribution is 0.562. The van der Waals surface area contributed by atoms with Gasteiger partial charge in [0.05, 0.1) is 6.07 Å². The van der Waals surface area contributed by atoms with Gasteiger partial charge in [-0.1, -0.05) is 0 Å². The van der Waals surface area contributed by atoms with Crippen LogP contribution in [0, 0.1) is 11.3 Å². The van der Waals surface area contributed by atoms with E-state index in [9.17, 15) is 0 Å². The molecule has 1 N–H and O–H groups in total. The fraction of sp³-hybridized carbons (Fsp3) is 0.600. The van der Waals surface area contributed by atoms with E-state index in [0.29, 0.717) is 11.7 Å². The van der Waals surface area contributed by atoms with E-state index in [0.717, 1.165) is 0 Å². The van der Waals surface area contributed by atoms with E-state index in [1.807, 2.05) is 6.07 Å². The van der Waals surface area contributed by atoms with Gasteiger partial charge in [-0.3, -0.25) is 0 Å². The van der Waals surface area contributed by atoms with E-state index < -0.39 is 0 Å². The largest absolute Gasteiger partial charge is 0.366 e. The molecular formula is C5H9N3S. The number of rotatable bonds is 1. The second-order valence-corrected chi connectivity index (χ2v) is 1.96. The Hall–Kier alpha value is -0.820. The highest BCUT2D eigenvalue weighted by atomic mass is 32.1. The summed E-state index contributed by atoms with van der Waals surface area (Å²) in [5, 5.41) is 11.6. The van der Waals surface area contributed by atoms with Crippen LogP contribution in [-0.2, 0) is 0 Å². The van der Waals surface area contributed by atoms with E-state index in [2.05, 4.69) is 5.32 Å². The van der Waals surface area contributed by atoms with Crippen molar-refractivity contribution in [3.8, 4) is 6.07 Å². The summed E-state index contributed by atoms with van der Waals surface area (Å²) in [4.78, 5) is 1.66. The number of hydrogen-bond acceptors (Lipinski definition) is 2. The molecule has 0 aliphatic heterocycles. The molecule has 0 rings (SSSR count). The molecule has 0 saturated heterocycles. The van der Waals surface area contributed by atoms with Crippen LogP contribution in [0.1, 0.15) is 0 Å². The molecule has 0 aliphatic rings. The molecule has 0 aromatic rings. The van der Waals surface area contributed by atoms with Crippen molar-refractivity contribution in [3.63, 3.8) is 0 Å². The summed E-state index contributed by atoms with van der Waals surface area (Å²) < 4.78 is 0. The first-order chi connectivity index (χ1) is 4.22. The van der Waals surface area contributed by atoms with Crippen molar-refractivity contribution in [2.75, 3.05) is 20.6 Å². The summed E-state index contributed by atoms with van der Waals surface area (Å²) in [6.45, 7) is 0.333. The van der Waals surface area contributed by atoms with E-state index in [4.69, 9.17) is 17.5 Å². The van der Waals surface area contributed by atoms with Crippen LogP contribution >= 0.6 is 12.2 Å². The van der Waals surface area contributed by atoms with Gasteiger partial charge in [0, 0.05) is 14.1 Å². The van der Waals surface area contributed by atoms with Crippen LogP contribution in [0.5, 0.6) is 0 Å². The summed E-state index contributed by atoms with van der Waals surface area (Å²) in [7, 11) is 3.50. The number of thiocarbonyl (C=S) groups is 1. The first-order valence-corrected chi connectivity index (χ1v) is 2.93. The Morgan fingerprint density at radius 1 is 1.89 bits per heavy atom. The number of nitrogens with zero attached hydrogens (tertiary/aromatic N) is 2. The van der Waals surface area contributed by atoms with Gasteiger partial charge in [-0.05, 0) is 12.2 Å². The van der Waals surface area contributed by atoms with E-state index in [1.165, 1.54) is 0 Å². The summed E-state index contributed by atoms with van der Waals surface area (Å²) in [6.07, 6.45) is 0. The average Bonchev–Trinajstić information content (AvgIpc) is 1.87. The maximum absolute atomic E-state index is 8.20. The Morgan fingerprint density at radius 3 is 2.78 bits per heavy atom. The summed E-state index contributed by atoms with van der Waals surface area (Å²) in [5.41, 5.74) is 0.